The summed E-state index contributed by atoms with van der Waals surface area (Å²) in [6.45, 7) is -0.399. The second kappa shape index (κ2) is 13.5. The molecule has 0 aliphatic rings. The van der Waals surface area contributed by atoms with E-state index >= 15 is 0 Å². The van der Waals surface area contributed by atoms with Crippen LogP contribution in [0.5, 0.6) is 23.0 Å². The van der Waals surface area contributed by atoms with Crippen LogP contribution in [0.4, 0.5) is 18.9 Å². The Labute approximate surface area is 244 Å². The first-order valence-corrected chi connectivity index (χ1v) is 12.5. The zero-order chi connectivity index (χ0) is 31.2. The number of methoxy groups -OCH3 is 4. The normalized spacial score (nSPS) is 12.1. The lowest BCUT2D eigenvalue weighted by Crippen LogP contribution is -2.31. The third-order valence-corrected chi connectivity index (χ3v) is 6.51. The Morgan fingerprint density at radius 2 is 1.62 bits per heavy atom. The van der Waals surface area contributed by atoms with Crippen LogP contribution in [0.25, 0.3) is 0 Å². The van der Waals surface area contributed by atoms with Crippen LogP contribution in [0.3, 0.4) is 0 Å². The smallest absolute Gasteiger partial charge is 0.417 e. The number of carboxylic acid groups (broad SMARTS) is 1. The van der Waals surface area contributed by atoms with Crippen molar-refractivity contribution in [3.05, 3.63) is 88.0 Å². The number of aliphatic hydroxyl groups excluding tert-OH is 1. The van der Waals surface area contributed by atoms with Crippen LogP contribution in [0.15, 0.2) is 60.7 Å². The van der Waals surface area contributed by atoms with Gasteiger partial charge >= 0.3 is 12.1 Å². The van der Waals surface area contributed by atoms with E-state index in [1.807, 2.05) is 0 Å². The van der Waals surface area contributed by atoms with Gasteiger partial charge in [-0.2, -0.15) is 13.2 Å². The van der Waals surface area contributed by atoms with Crippen LogP contribution in [0.2, 0.25) is 5.02 Å². The number of alkyl halides is 3. The molecule has 3 aromatic carbocycles. The number of ether oxygens (including phenoxy) is 4. The van der Waals surface area contributed by atoms with Crippen molar-refractivity contribution in [1.82, 2.24) is 0 Å². The summed E-state index contributed by atoms with van der Waals surface area (Å²) in [4.78, 5) is 25.5. The molecule has 0 aliphatic carbocycles. The van der Waals surface area contributed by atoms with Crippen molar-refractivity contribution in [3.63, 3.8) is 0 Å². The average Bonchev–Trinajstić information content (AvgIpc) is 2.97. The van der Waals surface area contributed by atoms with Crippen molar-refractivity contribution in [2.45, 2.75) is 18.8 Å². The quantitative estimate of drug-likeness (QED) is 0.268. The molecule has 0 heterocycles. The van der Waals surface area contributed by atoms with E-state index in [9.17, 15) is 27.9 Å². The number of rotatable bonds is 11. The van der Waals surface area contributed by atoms with Gasteiger partial charge in [0.1, 0.15) is 17.6 Å². The second-order valence-electron chi connectivity index (χ2n) is 8.65. The second-order valence-corrected chi connectivity index (χ2v) is 9.05. The Bertz CT molecular complexity index is 1490. The lowest BCUT2D eigenvalue weighted by atomic mass is 9.96. The molecule has 42 heavy (non-hydrogen) atoms. The minimum Gasteiger partial charge on any atom is -0.497 e. The Morgan fingerprint density at radius 3 is 2.19 bits per heavy atom. The molecule has 0 spiro atoms. The highest BCUT2D eigenvalue weighted by atomic mass is 35.5. The van der Waals surface area contributed by atoms with Crippen LogP contribution in [0, 0.1) is 0 Å². The first kappa shape index (κ1) is 32.1. The van der Waals surface area contributed by atoms with Crippen LogP contribution < -0.4 is 23.8 Å². The molecule has 3 aromatic rings. The molecule has 3 rings (SSSR count). The number of carboxylic acids is 1. The molecule has 0 aliphatic heterocycles. The topological polar surface area (TPSA) is 115 Å². The molecule has 1 atom stereocenters. The fourth-order valence-corrected chi connectivity index (χ4v) is 4.49. The Kier molecular flexibility index (Phi) is 10.3. The SMILES string of the molecule is COc1ccc(CN(C(=O)/C=C/C(=O)O)c2cc(C(F)(F)F)c(Cl)cc2C(O)c2cccc(OC)c2OC)c(OC)c1. The summed E-state index contributed by atoms with van der Waals surface area (Å²) >= 11 is 6.06. The lowest BCUT2D eigenvalue weighted by Gasteiger charge is -2.29. The van der Waals surface area contributed by atoms with E-state index in [1.54, 1.807) is 12.1 Å². The molecular weight excluding hydrogens is 583 g/mol. The summed E-state index contributed by atoms with van der Waals surface area (Å²) in [6, 6.07) is 10.7. The molecule has 0 saturated carbocycles. The summed E-state index contributed by atoms with van der Waals surface area (Å²) < 4.78 is 63.4. The van der Waals surface area contributed by atoms with Crippen molar-refractivity contribution in [3.8, 4) is 23.0 Å². The Morgan fingerprint density at radius 1 is 0.929 bits per heavy atom. The number of benzene rings is 3. The minimum absolute atomic E-state index is 0.0925. The number of hydrogen-bond donors (Lipinski definition) is 2. The predicted molar refractivity (Wildman–Crippen MR) is 148 cm³/mol. The molecule has 0 saturated heterocycles. The summed E-state index contributed by atoms with van der Waals surface area (Å²) in [6.07, 6.45) is -5.39. The van der Waals surface area contributed by atoms with Crippen LogP contribution in [-0.2, 0) is 22.3 Å². The number of carbonyl (C=O) groups excluding carboxylic acids is 1. The van der Waals surface area contributed by atoms with Crippen molar-refractivity contribution in [2.75, 3.05) is 33.3 Å². The van der Waals surface area contributed by atoms with Crippen LogP contribution in [-0.4, -0.2) is 50.5 Å². The van der Waals surface area contributed by atoms with Gasteiger partial charge in [-0.3, -0.25) is 4.79 Å². The van der Waals surface area contributed by atoms with Gasteiger partial charge in [0.05, 0.1) is 51.3 Å². The standard InChI is InChI=1S/C29H27ClF3NO8/c1-39-17-9-8-16(24(12-17)41-3)15-34(25(35)10-11-26(36)37)22-14-20(29(31,32)33)21(30)13-19(22)27(38)18-6-5-7-23(40-2)28(18)42-4/h5-14,27,38H,15H2,1-4H3,(H,36,37)/b11-10+. The number of para-hydroxylation sites is 1. The molecular formula is C29H27ClF3NO8. The Balaban J connectivity index is 2.34. The van der Waals surface area contributed by atoms with Gasteiger partial charge in [0.15, 0.2) is 11.5 Å². The molecule has 1 amide bonds. The molecule has 0 fully saturated rings. The molecule has 1 unspecified atom stereocenters. The van der Waals surface area contributed by atoms with Gasteiger partial charge in [0.25, 0.3) is 5.91 Å². The van der Waals surface area contributed by atoms with Gasteiger partial charge < -0.3 is 34.1 Å². The maximum Gasteiger partial charge on any atom is 0.417 e. The highest BCUT2D eigenvalue weighted by Crippen LogP contribution is 2.45. The summed E-state index contributed by atoms with van der Waals surface area (Å²) in [5, 5.41) is 19.9. The maximum atomic E-state index is 14.0. The molecule has 224 valence electrons. The van der Waals surface area contributed by atoms with Crippen molar-refractivity contribution in [1.29, 1.82) is 0 Å². The van der Waals surface area contributed by atoms with Crippen LogP contribution >= 0.6 is 11.6 Å². The number of aliphatic hydroxyl groups is 1. The van der Waals surface area contributed by atoms with Gasteiger partial charge in [-0.25, -0.2) is 4.79 Å². The minimum atomic E-state index is -4.94. The maximum absolute atomic E-state index is 14.0. The highest BCUT2D eigenvalue weighted by molar-refractivity contribution is 6.31. The van der Waals surface area contributed by atoms with E-state index in [-0.39, 0.29) is 28.4 Å². The number of halogens is 4. The fourth-order valence-electron chi connectivity index (χ4n) is 4.21. The fraction of sp³-hybridized carbons (Fsp3) is 0.241. The van der Waals surface area contributed by atoms with E-state index in [1.165, 1.54) is 52.7 Å². The zero-order valence-electron chi connectivity index (χ0n) is 22.9. The molecule has 0 aromatic heterocycles. The van der Waals surface area contributed by atoms with Crippen LogP contribution in [0.1, 0.15) is 28.4 Å². The third-order valence-electron chi connectivity index (χ3n) is 6.19. The first-order chi connectivity index (χ1) is 19.9. The van der Waals surface area contributed by atoms with Gasteiger partial charge in [0.2, 0.25) is 0 Å². The average molecular weight is 610 g/mol. The summed E-state index contributed by atoms with van der Waals surface area (Å²) in [5.41, 5.74) is -1.46. The number of nitrogens with zero attached hydrogens (tertiary/aromatic N) is 1. The Hall–Kier alpha value is -4.42. The molecule has 0 bridgehead atoms. The van der Waals surface area contributed by atoms with Crippen molar-refractivity contribution in [2.24, 2.45) is 0 Å². The van der Waals surface area contributed by atoms with E-state index in [0.29, 0.717) is 29.5 Å². The first-order valence-electron chi connectivity index (χ1n) is 12.1. The highest BCUT2D eigenvalue weighted by Gasteiger charge is 2.37. The predicted octanol–water partition coefficient (Wildman–Crippen LogP) is 5.65. The van der Waals surface area contributed by atoms with E-state index in [4.69, 9.17) is 35.7 Å². The van der Waals surface area contributed by atoms with E-state index in [0.717, 1.165) is 11.0 Å². The zero-order valence-corrected chi connectivity index (χ0v) is 23.6. The number of hydrogen-bond acceptors (Lipinski definition) is 7. The van der Waals surface area contributed by atoms with Gasteiger partial charge in [-0.05, 0) is 30.3 Å². The summed E-state index contributed by atoms with van der Waals surface area (Å²) in [5.74, 6) is -1.50. The molecule has 9 nitrogen and oxygen atoms in total. The van der Waals surface area contributed by atoms with Crippen molar-refractivity contribution < 1.29 is 51.9 Å². The van der Waals surface area contributed by atoms with E-state index in [2.05, 4.69) is 0 Å². The number of carbonyl (C=O) groups is 2. The third kappa shape index (κ3) is 7.07. The summed E-state index contributed by atoms with van der Waals surface area (Å²) in [7, 11) is 5.46. The largest absolute Gasteiger partial charge is 0.497 e. The van der Waals surface area contributed by atoms with Gasteiger partial charge in [0, 0.05) is 34.9 Å². The van der Waals surface area contributed by atoms with Gasteiger partial charge in [-0.1, -0.05) is 23.7 Å². The monoisotopic (exact) mass is 609 g/mol. The van der Waals surface area contributed by atoms with Crippen molar-refractivity contribution >= 4 is 29.2 Å². The molecule has 2 N–H and O–H groups in total. The molecule has 13 heteroatoms. The lowest BCUT2D eigenvalue weighted by molar-refractivity contribution is -0.137. The van der Waals surface area contributed by atoms with Gasteiger partial charge in [-0.15, -0.1) is 0 Å². The molecule has 0 radical (unpaired) electrons. The van der Waals surface area contributed by atoms with E-state index < -0.39 is 47.0 Å². The number of aliphatic carboxylic acids is 1. The number of amides is 1. The number of anilines is 1.